The molecule has 0 radical (unpaired) electrons. The van der Waals surface area contributed by atoms with E-state index in [2.05, 4.69) is 84.7 Å². The Balaban J connectivity index is 1.62. The highest BCUT2D eigenvalue weighted by molar-refractivity contribution is 6.14. The van der Waals surface area contributed by atoms with Crippen molar-refractivity contribution in [3.8, 4) is 0 Å². The Morgan fingerprint density at radius 2 is 1.69 bits per heavy atom. The predicted octanol–water partition coefficient (Wildman–Crippen LogP) is 5.97. The van der Waals surface area contributed by atoms with Crippen molar-refractivity contribution in [1.82, 2.24) is 0 Å². The number of fused-ring (bicyclic) bond motifs is 4. The van der Waals surface area contributed by atoms with Crippen LogP contribution in [0.4, 0.5) is 11.4 Å². The van der Waals surface area contributed by atoms with E-state index < -0.39 is 0 Å². The predicted molar refractivity (Wildman–Crippen MR) is 121 cm³/mol. The van der Waals surface area contributed by atoms with E-state index in [1.165, 1.54) is 27.6 Å². The fourth-order valence-electron chi connectivity index (χ4n) is 4.93. The van der Waals surface area contributed by atoms with Crippen molar-refractivity contribution in [2.24, 2.45) is 0 Å². The Hall–Kier alpha value is -3.07. The molecule has 1 aliphatic heterocycles. The van der Waals surface area contributed by atoms with Crippen LogP contribution in [0.2, 0.25) is 0 Å². The molecule has 1 heterocycles. The monoisotopic (exact) mass is 382 g/mol. The summed E-state index contributed by atoms with van der Waals surface area (Å²) in [6, 6.07) is 21.4. The molecule has 5 rings (SSSR count). The molecule has 1 N–H and O–H groups in total. The van der Waals surface area contributed by atoms with Gasteiger partial charge in [0.1, 0.15) is 0 Å². The number of carbonyl (C=O) groups excluding carboxylic acids is 1. The highest BCUT2D eigenvalue weighted by atomic mass is 16.1. The van der Waals surface area contributed by atoms with Crippen molar-refractivity contribution in [2.45, 2.75) is 32.7 Å². The van der Waals surface area contributed by atoms with Gasteiger partial charge in [-0.25, -0.2) is 0 Å². The number of Topliss-reactive ketones (excluding diaryl/α,β-unsaturated/α-hetero) is 1. The number of allylic oxidation sites excluding steroid dienone is 1. The molecule has 0 bridgehead atoms. The van der Waals surface area contributed by atoms with E-state index in [0.29, 0.717) is 6.42 Å². The molecule has 1 aliphatic carbocycles. The van der Waals surface area contributed by atoms with Gasteiger partial charge < -0.3 is 10.2 Å². The first-order valence-corrected chi connectivity index (χ1v) is 10.6. The molecule has 0 saturated heterocycles. The van der Waals surface area contributed by atoms with Crippen LogP contribution in [0.25, 0.3) is 16.3 Å². The Morgan fingerprint density at radius 3 is 2.45 bits per heavy atom. The van der Waals surface area contributed by atoms with Crippen molar-refractivity contribution in [2.75, 3.05) is 23.3 Å². The summed E-state index contributed by atoms with van der Waals surface area (Å²) in [5, 5.41) is 6.15. The summed E-state index contributed by atoms with van der Waals surface area (Å²) in [6.45, 7) is 6.34. The number of benzene rings is 3. The van der Waals surface area contributed by atoms with Crippen LogP contribution >= 0.6 is 0 Å². The lowest BCUT2D eigenvalue weighted by atomic mass is 9.85. The second kappa shape index (κ2) is 7.07. The Bertz CT molecular complexity index is 1120. The molecular formula is C26H26N2O. The topological polar surface area (TPSA) is 32.3 Å². The molecule has 0 aromatic heterocycles. The van der Waals surface area contributed by atoms with E-state index in [1.54, 1.807) is 0 Å². The summed E-state index contributed by atoms with van der Waals surface area (Å²) in [5.74, 6) is 0.281. The molecule has 146 valence electrons. The summed E-state index contributed by atoms with van der Waals surface area (Å²) in [7, 11) is 0. The number of nitrogens with one attached hydrogen (secondary N) is 1. The van der Waals surface area contributed by atoms with Gasteiger partial charge in [0, 0.05) is 42.0 Å². The van der Waals surface area contributed by atoms with E-state index in [4.69, 9.17) is 0 Å². The molecule has 0 amide bonds. The first-order chi connectivity index (χ1) is 14.2. The minimum absolute atomic E-state index is 0.0700. The van der Waals surface area contributed by atoms with Gasteiger partial charge in [0.2, 0.25) is 0 Å². The fourth-order valence-corrected chi connectivity index (χ4v) is 4.93. The van der Waals surface area contributed by atoms with Gasteiger partial charge in [-0.15, -0.1) is 0 Å². The van der Waals surface area contributed by atoms with Gasteiger partial charge >= 0.3 is 0 Å². The first-order valence-electron chi connectivity index (χ1n) is 10.6. The second-order valence-electron chi connectivity index (χ2n) is 7.87. The molecule has 2 aliphatic rings. The van der Waals surface area contributed by atoms with Crippen LogP contribution in [-0.2, 0) is 4.79 Å². The van der Waals surface area contributed by atoms with Gasteiger partial charge in [0.05, 0.1) is 6.04 Å². The molecule has 1 atom stereocenters. The van der Waals surface area contributed by atoms with Crippen molar-refractivity contribution in [1.29, 1.82) is 0 Å². The molecule has 29 heavy (non-hydrogen) atoms. The third-order valence-corrected chi connectivity index (χ3v) is 6.40. The molecule has 1 unspecified atom stereocenters. The normalized spacial score (nSPS) is 17.9. The molecular weight excluding hydrogens is 356 g/mol. The first kappa shape index (κ1) is 18.0. The van der Waals surface area contributed by atoms with Crippen LogP contribution < -0.4 is 10.2 Å². The van der Waals surface area contributed by atoms with Crippen LogP contribution in [0.5, 0.6) is 0 Å². The zero-order chi connectivity index (χ0) is 20.0. The van der Waals surface area contributed by atoms with Gasteiger partial charge in [-0.05, 0) is 60.4 Å². The van der Waals surface area contributed by atoms with Crippen LogP contribution in [0.3, 0.4) is 0 Å². The lowest BCUT2D eigenvalue weighted by Gasteiger charge is -2.30. The highest BCUT2D eigenvalue weighted by Gasteiger charge is 2.36. The van der Waals surface area contributed by atoms with Crippen LogP contribution in [0.15, 0.2) is 66.2 Å². The molecule has 3 heteroatoms. The summed E-state index contributed by atoms with van der Waals surface area (Å²) in [5.41, 5.74) is 6.94. The van der Waals surface area contributed by atoms with E-state index >= 15 is 0 Å². The van der Waals surface area contributed by atoms with E-state index in [9.17, 15) is 4.79 Å². The van der Waals surface area contributed by atoms with Crippen molar-refractivity contribution < 1.29 is 4.79 Å². The van der Waals surface area contributed by atoms with Gasteiger partial charge in [0.15, 0.2) is 5.78 Å². The summed E-state index contributed by atoms with van der Waals surface area (Å²) in [4.78, 5) is 15.2. The Morgan fingerprint density at radius 1 is 0.931 bits per heavy atom. The fraction of sp³-hybridized carbons (Fsp3) is 0.269. The number of carbonyl (C=O) groups is 1. The maximum atomic E-state index is 12.9. The van der Waals surface area contributed by atoms with Crippen LogP contribution in [0, 0.1) is 0 Å². The van der Waals surface area contributed by atoms with Gasteiger partial charge in [-0.2, -0.15) is 0 Å². The number of ketones is 1. The number of nitrogens with zero attached hydrogens (tertiary/aromatic N) is 1. The zero-order valence-electron chi connectivity index (χ0n) is 17.0. The second-order valence-corrected chi connectivity index (χ2v) is 7.87. The van der Waals surface area contributed by atoms with Crippen molar-refractivity contribution in [3.05, 3.63) is 77.4 Å². The molecule has 3 aromatic rings. The van der Waals surface area contributed by atoms with Gasteiger partial charge in [0.25, 0.3) is 0 Å². The van der Waals surface area contributed by atoms with Crippen LogP contribution in [-0.4, -0.2) is 18.9 Å². The average Bonchev–Trinajstić information content (AvgIpc) is 3.16. The minimum atomic E-state index is -0.0700. The highest BCUT2D eigenvalue weighted by Crippen LogP contribution is 2.48. The van der Waals surface area contributed by atoms with Crippen molar-refractivity contribution in [3.63, 3.8) is 0 Å². The Labute approximate surface area is 172 Å². The number of rotatable bonds is 4. The van der Waals surface area contributed by atoms with Gasteiger partial charge in [-0.3, -0.25) is 4.79 Å². The van der Waals surface area contributed by atoms with Crippen LogP contribution in [0.1, 0.15) is 43.9 Å². The van der Waals surface area contributed by atoms with E-state index in [-0.39, 0.29) is 11.8 Å². The quantitative estimate of drug-likeness (QED) is 0.603. The average molecular weight is 383 g/mol. The third kappa shape index (κ3) is 2.84. The smallest absolute Gasteiger partial charge is 0.161 e. The third-order valence-electron chi connectivity index (χ3n) is 6.40. The number of anilines is 2. The molecule has 3 aromatic carbocycles. The minimum Gasteiger partial charge on any atom is -0.373 e. The lowest BCUT2D eigenvalue weighted by molar-refractivity contribution is -0.115. The molecule has 0 fully saturated rings. The van der Waals surface area contributed by atoms with Crippen molar-refractivity contribution >= 4 is 33.5 Å². The summed E-state index contributed by atoms with van der Waals surface area (Å²) in [6.07, 6.45) is 1.45. The largest absolute Gasteiger partial charge is 0.373 e. The Kier molecular flexibility index (Phi) is 4.39. The zero-order valence-corrected chi connectivity index (χ0v) is 17.0. The summed E-state index contributed by atoms with van der Waals surface area (Å²) >= 11 is 0. The van der Waals surface area contributed by atoms with E-state index in [0.717, 1.165) is 36.3 Å². The number of hydrogen-bond acceptors (Lipinski definition) is 3. The molecule has 0 spiro atoms. The standard InChI is InChI=1S/C26H26N2O/c1-3-28(4-2)19-12-9-18(10-13-19)26-25-21(14-16-23(25)29)24-20-8-6-5-7-17(20)11-15-22(24)27-26/h5-13,15,26-27H,3-4,14,16H2,1-2H3. The molecule has 3 nitrogen and oxygen atoms in total. The summed E-state index contributed by atoms with van der Waals surface area (Å²) < 4.78 is 0. The van der Waals surface area contributed by atoms with Gasteiger partial charge in [-0.1, -0.05) is 42.5 Å². The van der Waals surface area contributed by atoms with E-state index in [1.807, 2.05) is 0 Å². The lowest BCUT2D eigenvalue weighted by Crippen LogP contribution is -2.23. The molecule has 0 saturated carbocycles. The SMILES string of the molecule is CCN(CC)c1ccc(C2Nc3ccc4ccccc4c3C3=C2C(=O)CC3)cc1. The maximum Gasteiger partial charge on any atom is 0.161 e. The number of hydrogen-bond donors (Lipinski definition) is 1. The maximum absolute atomic E-state index is 12.9.